The normalized spacial score (nSPS) is 23.1. The van der Waals surface area contributed by atoms with Crippen LogP contribution in [0.5, 0.6) is 40.2 Å². The van der Waals surface area contributed by atoms with Gasteiger partial charge >= 0.3 is 0 Å². The number of rotatable bonds is 7. The molecule has 3 aliphatic heterocycles. The molecule has 1 saturated heterocycles. The van der Waals surface area contributed by atoms with Crippen LogP contribution in [0, 0.1) is 25.2 Å². The van der Waals surface area contributed by atoms with E-state index in [1.165, 1.54) is 32.5 Å². The number of ether oxygens (including phenoxy) is 4. The number of aromatic nitrogens is 1. The smallest absolute Gasteiger partial charge is 0.273 e. The Hall–Kier alpha value is -4.93. The van der Waals surface area contributed by atoms with Gasteiger partial charge in [0, 0.05) is 58.2 Å². The molecule has 0 unspecified atom stereocenters. The Kier molecular flexibility index (Phi) is 8.19. The zero-order chi connectivity index (χ0) is 33.9. The van der Waals surface area contributed by atoms with Crippen LogP contribution in [-0.4, -0.2) is 96.2 Å². The summed E-state index contributed by atoms with van der Waals surface area (Å²) in [6.45, 7) is 3.58. The first kappa shape index (κ1) is 32.0. The van der Waals surface area contributed by atoms with Crippen molar-refractivity contribution in [2.45, 2.75) is 56.9 Å². The number of methoxy groups -OCH3 is 4. The Morgan fingerprint density at radius 2 is 1.49 bits per heavy atom. The fourth-order valence-electron chi connectivity index (χ4n) is 8.26. The van der Waals surface area contributed by atoms with E-state index in [-0.39, 0.29) is 41.3 Å². The first-order valence-electron chi connectivity index (χ1n) is 15.3. The second-order valence-electron chi connectivity index (χ2n) is 12.1. The molecular formula is C34H39N5O8. The van der Waals surface area contributed by atoms with Crippen molar-refractivity contribution >= 4 is 5.91 Å². The fraction of sp³-hybridized carbons (Fsp3) is 0.441. The molecule has 0 saturated carbocycles. The maximum atomic E-state index is 13.3. The number of pyridine rings is 1. The van der Waals surface area contributed by atoms with Gasteiger partial charge < -0.3 is 39.6 Å². The lowest BCUT2D eigenvalue weighted by Crippen LogP contribution is -2.68. The van der Waals surface area contributed by atoms with Gasteiger partial charge in [-0.3, -0.25) is 14.6 Å². The number of nitrogens with one attached hydrogen (secondary N) is 1. The van der Waals surface area contributed by atoms with Crippen LogP contribution in [0.1, 0.15) is 56.0 Å². The van der Waals surface area contributed by atoms with Crippen molar-refractivity contribution in [1.29, 1.82) is 5.26 Å². The molecule has 4 N–H and O–H groups in total. The van der Waals surface area contributed by atoms with Crippen LogP contribution in [0.2, 0.25) is 0 Å². The summed E-state index contributed by atoms with van der Waals surface area (Å²) < 4.78 is 23.1. The minimum atomic E-state index is -0.747. The van der Waals surface area contributed by atoms with E-state index in [9.17, 15) is 25.4 Å². The van der Waals surface area contributed by atoms with Crippen LogP contribution >= 0.6 is 0 Å². The van der Waals surface area contributed by atoms with Gasteiger partial charge in [0.05, 0.1) is 46.6 Å². The number of aromatic hydroxyl groups is 3. The fourth-order valence-corrected chi connectivity index (χ4v) is 8.26. The van der Waals surface area contributed by atoms with Crippen LogP contribution < -0.4 is 24.3 Å². The van der Waals surface area contributed by atoms with Gasteiger partial charge in [-0.2, -0.15) is 5.26 Å². The van der Waals surface area contributed by atoms with Gasteiger partial charge in [-0.25, -0.2) is 4.98 Å². The van der Waals surface area contributed by atoms with Crippen LogP contribution in [0.3, 0.4) is 0 Å². The third kappa shape index (κ3) is 4.57. The lowest BCUT2D eigenvalue weighted by molar-refractivity contribution is -0.0724. The quantitative estimate of drug-likeness (QED) is 0.297. The molecule has 1 fully saturated rings. The summed E-state index contributed by atoms with van der Waals surface area (Å²) in [7, 11) is 8.04. The van der Waals surface area contributed by atoms with Gasteiger partial charge in [0.1, 0.15) is 23.3 Å². The summed E-state index contributed by atoms with van der Waals surface area (Å²) in [5.41, 5.74) is 3.75. The van der Waals surface area contributed by atoms with E-state index in [4.69, 9.17) is 18.9 Å². The Morgan fingerprint density at radius 3 is 2.04 bits per heavy atom. The van der Waals surface area contributed by atoms with Crippen LogP contribution in [0.4, 0.5) is 0 Å². The lowest BCUT2D eigenvalue weighted by Gasteiger charge is -2.60. The van der Waals surface area contributed by atoms with E-state index < -0.39 is 30.1 Å². The average Bonchev–Trinajstić information content (AvgIpc) is 3.05. The molecule has 3 aliphatic rings. The van der Waals surface area contributed by atoms with Crippen molar-refractivity contribution in [3.63, 3.8) is 0 Å². The summed E-state index contributed by atoms with van der Waals surface area (Å²) in [6, 6.07) is 2.74. The highest BCUT2D eigenvalue weighted by Gasteiger charge is 2.57. The van der Waals surface area contributed by atoms with Crippen LogP contribution in [-0.2, 0) is 12.8 Å². The average molecular weight is 646 g/mol. The molecule has 1 aromatic heterocycles. The molecule has 0 spiro atoms. The molecule has 13 heteroatoms. The highest BCUT2D eigenvalue weighted by atomic mass is 16.5. The number of nitriles is 1. The Labute approximate surface area is 272 Å². The molecular weight excluding hydrogens is 606 g/mol. The largest absolute Gasteiger partial charge is 0.505 e. The molecule has 3 aromatic rings. The highest BCUT2D eigenvalue weighted by molar-refractivity contribution is 5.94. The Bertz CT molecular complexity index is 1810. The number of nitrogens with zero attached hydrogens (tertiary/aromatic N) is 4. The monoisotopic (exact) mass is 645 g/mol. The second-order valence-corrected chi connectivity index (χ2v) is 12.1. The van der Waals surface area contributed by atoms with Gasteiger partial charge in [-0.05, 0) is 45.9 Å². The number of phenols is 2. The maximum absolute atomic E-state index is 13.3. The van der Waals surface area contributed by atoms with Gasteiger partial charge in [-0.15, -0.1) is 0 Å². The molecule has 1 amide bonds. The Morgan fingerprint density at radius 1 is 0.936 bits per heavy atom. The topological polar surface area (TPSA) is 170 Å². The highest BCUT2D eigenvalue weighted by Crippen LogP contribution is 2.58. The molecule has 47 heavy (non-hydrogen) atoms. The molecule has 4 heterocycles. The van der Waals surface area contributed by atoms with E-state index in [0.29, 0.717) is 57.9 Å². The third-order valence-electron chi connectivity index (χ3n) is 10.1. The van der Waals surface area contributed by atoms with Crippen LogP contribution in [0.25, 0.3) is 0 Å². The minimum absolute atomic E-state index is 0.00783. The molecule has 2 aromatic carbocycles. The van der Waals surface area contributed by atoms with E-state index in [0.717, 1.165) is 5.56 Å². The lowest BCUT2D eigenvalue weighted by atomic mass is 9.71. The van der Waals surface area contributed by atoms with Crippen molar-refractivity contribution in [3.05, 3.63) is 57.4 Å². The number of fused-ring (bicyclic) bond motifs is 7. The summed E-state index contributed by atoms with van der Waals surface area (Å²) in [6.07, 6.45) is 2.14. The summed E-state index contributed by atoms with van der Waals surface area (Å²) in [5.74, 6) is 0.673. The zero-order valence-corrected chi connectivity index (χ0v) is 27.4. The predicted molar refractivity (Wildman–Crippen MR) is 170 cm³/mol. The number of hydrogen-bond acceptors (Lipinski definition) is 12. The Balaban J connectivity index is 1.59. The SMILES string of the molecule is COc1c(C)c(OC)c2c(c1O)[C@@H]1[C@@H]3Cc4c(OC)c(C)c(OC)c(O)c4[C@H](CNC(=O)c4ncccc4O)N3[C@@H](C#N)[C@H](C2)N1C. The number of amides is 1. The van der Waals surface area contributed by atoms with Gasteiger partial charge in [0.15, 0.2) is 28.7 Å². The molecule has 0 radical (unpaired) electrons. The maximum Gasteiger partial charge on any atom is 0.273 e. The molecule has 5 atom stereocenters. The number of benzene rings is 2. The van der Waals surface area contributed by atoms with E-state index in [1.807, 2.05) is 18.9 Å². The summed E-state index contributed by atoms with van der Waals surface area (Å²) in [5, 5.41) is 47.6. The van der Waals surface area contributed by atoms with Crippen LogP contribution in [0.15, 0.2) is 18.3 Å². The zero-order valence-electron chi connectivity index (χ0n) is 27.4. The molecule has 0 aliphatic carbocycles. The van der Waals surface area contributed by atoms with Crippen molar-refractivity contribution in [3.8, 4) is 46.3 Å². The molecule has 248 valence electrons. The summed E-state index contributed by atoms with van der Waals surface area (Å²) >= 11 is 0. The summed E-state index contributed by atoms with van der Waals surface area (Å²) in [4.78, 5) is 21.5. The number of piperazine rings is 1. The van der Waals surface area contributed by atoms with E-state index >= 15 is 0 Å². The van der Waals surface area contributed by atoms with Crippen molar-refractivity contribution in [2.75, 3.05) is 42.0 Å². The van der Waals surface area contributed by atoms with Gasteiger partial charge in [0.2, 0.25) is 0 Å². The molecule has 13 nitrogen and oxygen atoms in total. The first-order valence-corrected chi connectivity index (χ1v) is 15.3. The van der Waals surface area contributed by atoms with Gasteiger partial charge in [0.25, 0.3) is 5.91 Å². The van der Waals surface area contributed by atoms with E-state index in [2.05, 4.69) is 21.3 Å². The van der Waals surface area contributed by atoms with Crippen molar-refractivity contribution < 1.29 is 39.1 Å². The van der Waals surface area contributed by atoms with Crippen molar-refractivity contribution in [2.24, 2.45) is 0 Å². The number of hydrogen-bond donors (Lipinski definition) is 4. The number of phenolic OH excluding ortho intramolecular Hbond substituents is 2. The van der Waals surface area contributed by atoms with Gasteiger partial charge in [-0.1, -0.05) is 0 Å². The number of carbonyl (C=O) groups is 1. The second kappa shape index (κ2) is 12.0. The predicted octanol–water partition coefficient (Wildman–Crippen LogP) is 3.05. The first-order chi connectivity index (χ1) is 22.6. The third-order valence-corrected chi connectivity index (χ3v) is 10.1. The minimum Gasteiger partial charge on any atom is -0.505 e. The number of carbonyl (C=O) groups excluding carboxylic acids is 1. The van der Waals surface area contributed by atoms with Crippen molar-refractivity contribution in [1.82, 2.24) is 20.1 Å². The van der Waals surface area contributed by atoms with E-state index in [1.54, 1.807) is 21.1 Å². The molecule has 6 rings (SSSR count). The number of likely N-dealkylation sites (N-methyl/N-ethyl adjacent to an activating group) is 1. The molecule has 2 bridgehead atoms. The standard InChI is InChI=1S/C34H39N5O8/c1-15-30(44-4)17-12-20-27-25-18(31(45-5)16(2)33(47-7)29(25)42)11-19(38(27)3)21(13-35)39(20)22(24(17)28(41)32(15)46-6)14-37-34(43)26-23(40)9-8-10-36-26/h8-10,19-22,27,40-42H,11-12,14H2,1-7H3,(H,37,43)/t19-,20-,21-,22-,27-/m0/s1.